The van der Waals surface area contributed by atoms with Crippen LogP contribution in [0.1, 0.15) is 31.5 Å². The van der Waals surface area contributed by atoms with Gasteiger partial charge in [-0.3, -0.25) is 0 Å². The lowest BCUT2D eigenvalue weighted by Gasteiger charge is -2.12. The maximum Gasteiger partial charge on any atom is 0.209 e. The monoisotopic (exact) mass is 385 g/mol. The second-order valence-electron chi connectivity index (χ2n) is 6.64. The Balaban J connectivity index is 0.00000210. The number of anilines is 1. The van der Waals surface area contributed by atoms with Crippen LogP contribution in [-0.4, -0.2) is 35.3 Å². The van der Waals surface area contributed by atoms with Crippen LogP contribution < -0.4 is 5.73 Å². The van der Waals surface area contributed by atoms with Crippen LogP contribution >= 0.6 is 12.4 Å². The van der Waals surface area contributed by atoms with Crippen LogP contribution in [0.15, 0.2) is 24.3 Å². The van der Waals surface area contributed by atoms with Crippen molar-refractivity contribution in [1.82, 2.24) is 19.5 Å². The smallest absolute Gasteiger partial charge is 0.209 e. The number of nitrogens with zero attached hydrogens (tertiary/aromatic N) is 4. The van der Waals surface area contributed by atoms with Crippen molar-refractivity contribution in [3.63, 3.8) is 0 Å². The van der Waals surface area contributed by atoms with E-state index >= 15 is 0 Å². The zero-order valence-corrected chi connectivity index (χ0v) is 15.6. The first-order valence-corrected chi connectivity index (χ1v) is 8.50. The van der Waals surface area contributed by atoms with E-state index in [4.69, 9.17) is 5.73 Å². The Morgan fingerprint density at radius 1 is 1.19 bits per heavy atom. The highest BCUT2D eigenvalue weighted by Crippen LogP contribution is 2.29. The maximum atomic E-state index is 10.4. The Kier molecular flexibility index (Phi) is 4.96. The summed E-state index contributed by atoms with van der Waals surface area (Å²) < 4.78 is 1.79. The van der Waals surface area contributed by atoms with Gasteiger partial charge in [0.05, 0.1) is 0 Å². The first-order valence-electron chi connectivity index (χ1n) is 8.50. The number of aryl methyl sites for hydroxylation is 1. The molecule has 1 saturated carbocycles. The number of hydrogen-bond donors (Lipinski definition) is 3. The summed E-state index contributed by atoms with van der Waals surface area (Å²) in [6, 6.07) is 6.82. The standard InChI is InChI=1S/C19H19N5O2.ClH/c1-24-17(12-5-4-6-13(25)11-12)23-15-16(20)21-14(22-18(15)24)7-10-19(26)8-2-3-9-19;/h4-6,11,25-26H,2-3,8-9H2,1H3,(H2,20,21,22);1H. The number of benzene rings is 1. The van der Waals surface area contributed by atoms with Gasteiger partial charge >= 0.3 is 0 Å². The van der Waals surface area contributed by atoms with Crippen molar-refractivity contribution < 1.29 is 10.2 Å². The van der Waals surface area contributed by atoms with Gasteiger partial charge in [0.25, 0.3) is 0 Å². The van der Waals surface area contributed by atoms with Gasteiger partial charge in [-0.25, -0.2) is 15.0 Å². The fraction of sp³-hybridized carbons (Fsp3) is 0.316. The molecule has 0 spiro atoms. The number of nitrogens with two attached hydrogens (primary N) is 1. The molecular weight excluding hydrogens is 366 g/mol. The molecule has 1 fully saturated rings. The van der Waals surface area contributed by atoms with Crippen molar-refractivity contribution in [1.29, 1.82) is 0 Å². The molecule has 8 heteroatoms. The first kappa shape index (κ1) is 19.0. The van der Waals surface area contributed by atoms with Crippen LogP contribution in [0, 0.1) is 11.8 Å². The predicted molar refractivity (Wildman–Crippen MR) is 105 cm³/mol. The summed E-state index contributed by atoms with van der Waals surface area (Å²) in [6.45, 7) is 0. The number of halogens is 1. The summed E-state index contributed by atoms with van der Waals surface area (Å²) in [5.41, 5.74) is 6.89. The van der Waals surface area contributed by atoms with E-state index in [1.54, 1.807) is 22.8 Å². The molecule has 0 amide bonds. The van der Waals surface area contributed by atoms with Gasteiger partial charge in [0.1, 0.15) is 17.2 Å². The van der Waals surface area contributed by atoms with E-state index in [0.29, 0.717) is 29.8 Å². The molecule has 0 saturated heterocycles. The predicted octanol–water partition coefficient (Wildman–Crippen LogP) is 2.40. The zero-order chi connectivity index (χ0) is 18.3. The number of hydrogen-bond acceptors (Lipinski definition) is 6. The van der Waals surface area contributed by atoms with Crippen LogP contribution in [-0.2, 0) is 7.05 Å². The largest absolute Gasteiger partial charge is 0.508 e. The Labute approximate surface area is 162 Å². The minimum Gasteiger partial charge on any atom is -0.508 e. The van der Waals surface area contributed by atoms with Crippen molar-refractivity contribution in [2.75, 3.05) is 5.73 Å². The number of nitrogen functional groups attached to an aromatic ring is 1. The van der Waals surface area contributed by atoms with Crippen LogP contribution in [0.25, 0.3) is 22.6 Å². The van der Waals surface area contributed by atoms with E-state index in [1.807, 2.05) is 13.1 Å². The number of phenolic OH excluding ortho intramolecular Hbond substituents is 1. The van der Waals surface area contributed by atoms with Gasteiger partial charge < -0.3 is 20.5 Å². The number of fused-ring (bicyclic) bond motifs is 1. The molecule has 4 rings (SSSR count). The maximum absolute atomic E-state index is 10.4. The van der Waals surface area contributed by atoms with Gasteiger partial charge in [-0.2, -0.15) is 0 Å². The highest BCUT2D eigenvalue weighted by atomic mass is 35.5. The summed E-state index contributed by atoms with van der Waals surface area (Å²) in [4.78, 5) is 13.2. The summed E-state index contributed by atoms with van der Waals surface area (Å²) >= 11 is 0. The third-order valence-electron chi connectivity index (χ3n) is 4.69. The lowest BCUT2D eigenvalue weighted by atomic mass is 10.0. The number of rotatable bonds is 1. The molecule has 140 valence electrons. The lowest BCUT2D eigenvalue weighted by molar-refractivity contribution is 0.110. The molecule has 0 atom stereocenters. The average Bonchev–Trinajstić information content (AvgIpc) is 3.18. The molecule has 3 aromatic rings. The van der Waals surface area contributed by atoms with Crippen LogP contribution in [0.4, 0.5) is 5.82 Å². The second-order valence-corrected chi connectivity index (χ2v) is 6.64. The summed E-state index contributed by atoms with van der Waals surface area (Å²) in [5, 5.41) is 20.1. The van der Waals surface area contributed by atoms with E-state index in [2.05, 4.69) is 26.8 Å². The fourth-order valence-corrected chi connectivity index (χ4v) is 3.30. The number of aromatic hydroxyl groups is 1. The zero-order valence-electron chi connectivity index (χ0n) is 14.8. The average molecular weight is 386 g/mol. The van der Waals surface area contributed by atoms with Crippen LogP contribution in [0.5, 0.6) is 5.75 Å². The molecule has 0 unspecified atom stereocenters. The Morgan fingerprint density at radius 2 is 1.93 bits per heavy atom. The number of imidazole rings is 1. The van der Waals surface area contributed by atoms with E-state index < -0.39 is 5.60 Å². The molecule has 1 aliphatic rings. The highest BCUT2D eigenvalue weighted by Gasteiger charge is 2.28. The normalized spacial score (nSPS) is 15.2. The van der Waals surface area contributed by atoms with Crippen molar-refractivity contribution in [3.8, 4) is 29.0 Å². The first-order chi connectivity index (χ1) is 12.5. The van der Waals surface area contributed by atoms with Crippen molar-refractivity contribution in [2.45, 2.75) is 31.3 Å². The molecule has 7 nitrogen and oxygen atoms in total. The van der Waals surface area contributed by atoms with Crippen molar-refractivity contribution in [3.05, 3.63) is 30.1 Å². The molecule has 0 radical (unpaired) electrons. The van der Waals surface area contributed by atoms with E-state index in [1.165, 1.54) is 0 Å². The Morgan fingerprint density at radius 3 is 2.63 bits per heavy atom. The highest BCUT2D eigenvalue weighted by molar-refractivity contribution is 5.86. The third-order valence-corrected chi connectivity index (χ3v) is 4.69. The van der Waals surface area contributed by atoms with Gasteiger partial charge in [-0.05, 0) is 43.7 Å². The molecule has 27 heavy (non-hydrogen) atoms. The number of phenols is 1. The number of aromatic nitrogens is 4. The van der Waals surface area contributed by atoms with Gasteiger partial charge in [-0.1, -0.05) is 18.1 Å². The second kappa shape index (κ2) is 7.06. The summed E-state index contributed by atoms with van der Waals surface area (Å²) in [7, 11) is 1.82. The van der Waals surface area contributed by atoms with E-state index in [0.717, 1.165) is 18.4 Å². The molecule has 0 bridgehead atoms. The molecular formula is C19H20ClN5O2. The van der Waals surface area contributed by atoms with Crippen molar-refractivity contribution >= 4 is 29.4 Å². The topological polar surface area (TPSA) is 110 Å². The van der Waals surface area contributed by atoms with Crippen LogP contribution in [0.3, 0.4) is 0 Å². The molecule has 0 aliphatic heterocycles. The van der Waals surface area contributed by atoms with Gasteiger partial charge in [0.2, 0.25) is 5.82 Å². The van der Waals surface area contributed by atoms with Crippen molar-refractivity contribution in [2.24, 2.45) is 7.05 Å². The quantitative estimate of drug-likeness (QED) is 0.555. The fourth-order valence-electron chi connectivity index (χ4n) is 3.30. The minimum atomic E-state index is -0.952. The minimum absolute atomic E-state index is 0. The SMILES string of the molecule is Cl.Cn1c(-c2cccc(O)c2)nc2c(N)nc(C#CC3(O)CCCC3)nc21. The lowest BCUT2D eigenvalue weighted by Crippen LogP contribution is -2.20. The van der Waals surface area contributed by atoms with Gasteiger partial charge in [-0.15, -0.1) is 12.4 Å². The van der Waals surface area contributed by atoms with Gasteiger partial charge in [0.15, 0.2) is 17.0 Å². The molecule has 1 aliphatic carbocycles. The molecule has 2 heterocycles. The Hall–Kier alpha value is -2.82. The van der Waals surface area contributed by atoms with Gasteiger partial charge in [0, 0.05) is 12.6 Å². The third kappa shape index (κ3) is 3.54. The number of aliphatic hydroxyl groups is 1. The van der Waals surface area contributed by atoms with E-state index in [9.17, 15) is 10.2 Å². The summed E-state index contributed by atoms with van der Waals surface area (Å²) in [5.74, 6) is 7.04. The summed E-state index contributed by atoms with van der Waals surface area (Å²) in [6.07, 6.45) is 3.29. The molecule has 1 aromatic carbocycles. The molecule has 4 N–H and O–H groups in total. The van der Waals surface area contributed by atoms with Crippen LogP contribution in [0.2, 0.25) is 0 Å². The van der Waals surface area contributed by atoms with E-state index in [-0.39, 0.29) is 29.8 Å². The Bertz CT molecular complexity index is 1060. The molecule has 2 aromatic heterocycles.